The van der Waals surface area contributed by atoms with Crippen LogP contribution in [0.4, 0.5) is 5.13 Å². The van der Waals surface area contributed by atoms with Gasteiger partial charge in [0.1, 0.15) is 16.4 Å². The molecule has 1 amide bonds. The summed E-state index contributed by atoms with van der Waals surface area (Å²) in [5, 5.41) is 4.19. The summed E-state index contributed by atoms with van der Waals surface area (Å²) in [7, 11) is 0. The molecule has 5 rings (SSSR count). The van der Waals surface area contributed by atoms with Crippen molar-refractivity contribution in [3.63, 3.8) is 0 Å². The van der Waals surface area contributed by atoms with Gasteiger partial charge in [-0.3, -0.25) is 9.59 Å². The molecule has 0 aliphatic heterocycles. The van der Waals surface area contributed by atoms with Crippen LogP contribution in [0.1, 0.15) is 36.0 Å². The fourth-order valence-electron chi connectivity index (χ4n) is 3.89. The third-order valence-corrected chi connectivity index (χ3v) is 8.33. The van der Waals surface area contributed by atoms with Gasteiger partial charge in [0.2, 0.25) is 5.91 Å². The lowest BCUT2D eigenvalue weighted by atomic mass is 9.97. The number of H-pyrrole nitrogens is 1. The third-order valence-electron chi connectivity index (χ3n) is 5.26. The highest BCUT2D eigenvalue weighted by Gasteiger charge is 2.19. The number of aromatic nitrogens is 3. The first-order valence-corrected chi connectivity index (χ1v) is 13.3. The van der Waals surface area contributed by atoms with Gasteiger partial charge in [-0.25, -0.2) is 9.97 Å². The number of ether oxygens (including phenoxy) is 1. The maximum absolute atomic E-state index is 12.6. The molecule has 1 aromatic carbocycles. The zero-order valence-corrected chi connectivity index (χ0v) is 20.0. The Morgan fingerprint density at radius 3 is 3.00 bits per heavy atom. The quantitative estimate of drug-likeness (QED) is 0.392. The van der Waals surface area contributed by atoms with Gasteiger partial charge in [0.15, 0.2) is 5.13 Å². The topological polar surface area (TPSA) is 97.0 Å². The first-order valence-electron chi connectivity index (χ1n) is 10.5. The second kappa shape index (κ2) is 9.21. The number of aryl methyl sites for hydroxylation is 2. The molecule has 0 saturated carbocycles. The summed E-state index contributed by atoms with van der Waals surface area (Å²) in [5.41, 5.74) is 1.96. The van der Waals surface area contributed by atoms with Crippen LogP contribution in [0.3, 0.4) is 0 Å². The normalized spacial score (nSPS) is 13.4. The number of carbonyl (C=O) groups is 1. The largest absolute Gasteiger partial charge is 0.494 e. The van der Waals surface area contributed by atoms with Crippen molar-refractivity contribution in [1.82, 2.24) is 15.0 Å². The Hall–Kier alpha value is -2.43. The summed E-state index contributed by atoms with van der Waals surface area (Å²) in [5.74, 6) is 2.00. The fourth-order valence-corrected chi connectivity index (χ4v) is 6.77. The number of fused-ring (bicyclic) bond motifs is 4. The van der Waals surface area contributed by atoms with Gasteiger partial charge >= 0.3 is 0 Å². The average Bonchev–Trinajstić information content (AvgIpc) is 3.34. The smallest absolute Gasteiger partial charge is 0.259 e. The Morgan fingerprint density at radius 2 is 2.12 bits per heavy atom. The SMILES string of the molecule is CCOc1ccc2nc(NC(=O)CSCc3nc4sc5c(c4c(=O)[nH]3)CCCC5)sc2c1. The van der Waals surface area contributed by atoms with E-state index in [1.54, 1.807) is 11.3 Å². The number of anilines is 1. The van der Waals surface area contributed by atoms with Gasteiger partial charge in [0, 0.05) is 4.88 Å². The first kappa shape index (κ1) is 21.4. The molecule has 1 aliphatic carbocycles. The average molecular weight is 487 g/mol. The Bertz CT molecular complexity index is 1360. The number of carbonyl (C=O) groups excluding carboxylic acids is 1. The van der Waals surface area contributed by atoms with Crippen LogP contribution in [0.15, 0.2) is 23.0 Å². The van der Waals surface area contributed by atoms with E-state index >= 15 is 0 Å². The molecular weight excluding hydrogens is 464 g/mol. The van der Waals surface area contributed by atoms with Gasteiger partial charge in [-0.1, -0.05) is 11.3 Å². The molecule has 0 unspecified atom stereocenters. The second-order valence-corrected chi connectivity index (χ2v) is 10.6. The Balaban J connectivity index is 1.21. The van der Waals surface area contributed by atoms with E-state index in [-0.39, 0.29) is 17.2 Å². The number of benzene rings is 1. The van der Waals surface area contributed by atoms with Gasteiger partial charge in [0.25, 0.3) is 5.56 Å². The number of hydrogen-bond donors (Lipinski definition) is 2. The zero-order valence-electron chi connectivity index (χ0n) is 17.5. The van der Waals surface area contributed by atoms with E-state index in [9.17, 15) is 9.59 Å². The summed E-state index contributed by atoms with van der Waals surface area (Å²) in [6.07, 6.45) is 4.32. The lowest BCUT2D eigenvalue weighted by molar-refractivity contribution is -0.113. The molecule has 0 fully saturated rings. The molecule has 0 saturated heterocycles. The van der Waals surface area contributed by atoms with Gasteiger partial charge in [-0.05, 0) is 56.4 Å². The van der Waals surface area contributed by atoms with E-state index in [1.165, 1.54) is 40.0 Å². The van der Waals surface area contributed by atoms with Crippen LogP contribution in [-0.4, -0.2) is 33.2 Å². The van der Waals surface area contributed by atoms with Crippen molar-refractivity contribution in [2.24, 2.45) is 0 Å². The summed E-state index contributed by atoms with van der Waals surface area (Å²) in [6, 6.07) is 5.70. The summed E-state index contributed by atoms with van der Waals surface area (Å²) in [4.78, 5) is 39.2. The van der Waals surface area contributed by atoms with Crippen molar-refractivity contribution in [3.05, 3.63) is 44.8 Å². The summed E-state index contributed by atoms with van der Waals surface area (Å²) in [6.45, 7) is 2.55. The van der Waals surface area contributed by atoms with Crippen molar-refractivity contribution in [3.8, 4) is 5.75 Å². The number of amides is 1. The van der Waals surface area contributed by atoms with Crippen LogP contribution in [0.5, 0.6) is 5.75 Å². The maximum Gasteiger partial charge on any atom is 0.259 e. The minimum absolute atomic E-state index is 0.0599. The van der Waals surface area contributed by atoms with E-state index in [0.717, 1.165) is 45.4 Å². The minimum atomic E-state index is -0.130. The molecule has 0 spiro atoms. The third kappa shape index (κ3) is 4.39. The van der Waals surface area contributed by atoms with Crippen LogP contribution in [0.25, 0.3) is 20.4 Å². The highest BCUT2D eigenvalue weighted by molar-refractivity contribution is 7.99. The Labute approximate surface area is 196 Å². The molecule has 1 aliphatic rings. The molecule has 7 nitrogen and oxygen atoms in total. The Kier molecular flexibility index (Phi) is 6.16. The lowest BCUT2D eigenvalue weighted by Crippen LogP contribution is -2.15. The van der Waals surface area contributed by atoms with Crippen molar-refractivity contribution < 1.29 is 9.53 Å². The van der Waals surface area contributed by atoms with Crippen molar-refractivity contribution in [2.75, 3.05) is 17.7 Å². The number of nitrogens with zero attached hydrogens (tertiary/aromatic N) is 2. The highest BCUT2D eigenvalue weighted by atomic mass is 32.2. The van der Waals surface area contributed by atoms with Crippen LogP contribution in [0.2, 0.25) is 0 Å². The van der Waals surface area contributed by atoms with Crippen molar-refractivity contribution in [2.45, 2.75) is 38.4 Å². The van der Waals surface area contributed by atoms with E-state index in [2.05, 4.69) is 20.3 Å². The van der Waals surface area contributed by atoms with Crippen LogP contribution >= 0.6 is 34.4 Å². The van der Waals surface area contributed by atoms with E-state index in [0.29, 0.717) is 23.3 Å². The number of aromatic amines is 1. The minimum Gasteiger partial charge on any atom is -0.494 e. The van der Waals surface area contributed by atoms with Gasteiger partial charge in [0.05, 0.1) is 33.7 Å². The van der Waals surface area contributed by atoms with Gasteiger partial charge in [-0.2, -0.15) is 0 Å². The van der Waals surface area contributed by atoms with E-state index < -0.39 is 0 Å². The lowest BCUT2D eigenvalue weighted by Gasteiger charge is -2.09. The molecule has 166 valence electrons. The molecule has 10 heteroatoms. The number of hydrogen-bond acceptors (Lipinski definition) is 8. The van der Waals surface area contributed by atoms with Crippen LogP contribution < -0.4 is 15.6 Å². The number of thiazole rings is 1. The van der Waals surface area contributed by atoms with Crippen LogP contribution in [0, 0.1) is 0 Å². The molecule has 0 atom stereocenters. The van der Waals surface area contributed by atoms with Crippen LogP contribution in [-0.2, 0) is 23.4 Å². The summed E-state index contributed by atoms with van der Waals surface area (Å²) >= 11 is 4.48. The number of thioether (sulfide) groups is 1. The number of thiophene rings is 1. The number of rotatable bonds is 7. The second-order valence-electron chi connectivity index (χ2n) is 7.53. The van der Waals surface area contributed by atoms with E-state index in [4.69, 9.17) is 4.74 Å². The highest BCUT2D eigenvalue weighted by Crippen LogP contribution is 2.34. The van der Waals surface area contributed by atoms with Crippen molar-refractivity contribution >= 4 is 65.9 Å². The van der Waals surface area contributed by atoms with E-state index in [1.807, 2.05) is 25.1 Å². The predicted octanol–water partition coefficient (Wildman–Crippen LogP) is 4.74. The molecule has 3 aromatic heterocycles. The molecule has 0 bridgehead atoms. The van der Waals surface area contributed by atoms with Gasteiger partial charge in [-0.15, -0.1) is 23.1 Å². The molecule has 2 N–H and O–H groups in total. The summed E-state index contributed by atoms with van der Waals surface area (Å²) < 4.78 is 6.48. The zero-order chi connectivity index (χ0) is 22.1. The number of nitrogens with one attached hydrogen (secondary N) is 2. The maximum atomic E-state index is 12.6. The van der Waals surface area contributed by atoms with Crippen molar-refractivity contribution in [1.29, 1.82) is 0 Å². The molecule has 0 radical (unpaired) electrons. The predicted molar refractivity (Wildman–Crippen MR) is 132 cm³/mol. The standard InChI is InChI=1S/C22H22N4O3S3/c1-2-29-12-7-8-14-16(9-12)32-22(23-14)26-18(27)11-30-10-17-24-20(28)19-13-5-3-4-6-15(13)31-21(19)25-17/h7-9H,2-6,10-11H2,1H3,(H,23,26,27)(H,24,25,28). The Morgan fingerprint density at radius 1 is 1.25 bits per heavy atom. The first-order chi connectivity index (χ1) is 15.6. The molecular formula is C22H22N4O3S3. The van der Waals surface area contributed by atoms with Gasteiger partial charge < -0.3 is 15.0 Å². The monoisotopic (exact) mass is 486 g/mol. The molecule has 32 heavy (non-hydrogen) atoms. The fraction of sp³-hybridized carbons (Fsp3) is 0.364. The molecule has 4 aromatic rings. The molecule has 3 heterocycles.